The van der Waals surface area contributed by atoms with E-state index in [1.807, 2.05) is 0 Å². The highest BCUT2D eigenvalue weighted by molar-refractivity contribution is 6.30. The Bertz CT molecular complexity index is 1030. The van der Waals surface area contributed by atoms with E-state index in [0.717, 1.165) is 17.0 Å². The summed E-state index contributed by atoms with van der Waals surface area (Å²) in [6.07, 6.45) is 0.728. The zero-order chi connectivity index (χ0) is 21.5. The molecule has 1 atom stereocenters. The van der Waals surface area contributed by atoms with Crippen molar-refractivity contribution in [2.45, 2.75) is 24.9 Å². The molecule has 2 aliphatic rings. The van der Waals surface area contributed by atoms with Crippen LogP contribution in [0.25, 0.3) is 0 Å². The van der Waals surface area contributed by atoms with Crippen LogP contribution in [0.5, 0.6) is 0 Å². The van der Waals surface area contributed by atoms with Gasteiger partial charge in [0, 0.05) is 11.6 Å². The highest BCUT2D eigenvalue weighted by atomic mass is 35.5. The first kappa shape index (κ1) is 20.3. The van der Waals surface area contributed by atoms with Crippen LogP contribution in [0.1, 0.15) is 28.8 Å². The molecule has 2 fully saturated rings. The molecule has 2 aromatic rings. The Morgan fingerprint density at radius 1 is 1.13 bits per heavy atom. The number of hydrogen-bond donors (Lipinski definition) is 1. The molecule has 6 nitrogen and oxygen atoms in total. The van der Waals surface area contributed by atoms with E-state index < -0.39 is 40.6 Å². The van der Waals surface area contributed by atoms with Crippen molar-refractivity contribution < 1.29 is 23.2 Å². The number of hydrogen-bond acceptors (Lipinski definition) is 3. The number of benzene rings is 2. The van der Waals surface area contributed by atoms with Gasteiger partial charge in [0.05, 0.1) is 13.1 Å². The maximum absolute atomic E-state index is 14.1. The molecule has 0 bridgehead atoms. The third-order valence-corrected chi connectivity index (χ3v) is 5.67. The monoisotopic (exact) mass is 433 g/mol. The number of piperidine rings is 1. The first-order valence-corrected chi connectivity index (χ1v) is 9.80. The van der Waals surface area contributed by atoms with Gasteiger partial charge in [0.25, 0.3) is 11.8 Å². The van der Waals surface area contributed by atoms with Gasteiger partial charge in [-0.1, -0.05) is 29.8 Å². The Labute approximate surface area is 176 Å². The van der Waals surface area contributed by atoms with Crippen LogP contribution in [0.15, 0.2) is 42.5 Å². The highest BCUT2D eigenvalue weighted by Gasteiger charge is 2.53. The van der Waals surface area contributed by atoms with Gasteiger partial charge in [0.2, 0.25) is 0 Å². The van der Waals surface area contributed by atoms with Crippen LogP contribution in [0, 0.1) is 11.6 Å². The predicted molar refractivity (Wildman–Crippen MR) is 105 cm³/mol. The molecule has 0 aromatic heterocycles. The summed E-state index contributed by atoms with van der Waals surface area (Å²) < 4.78 is 28.1. The third-order valence-electron chi connectivity index (χ3n) is 5.43. The molecule has 0 radical (unpaired) electrons. The lowest BCUT2D eigenvalue weighted by Crippen LogP contribution is -2.59. The Morgan fingerprint density at radius 2 is 1.83 bits per heavy atom. The summed E-state index contributed by atoms with van der Waals surface area (Å²) in [6, 6.07) is 9.41. The van der Waals surface area contributed by atoms with Crippen molar-refractivity contribution >= 4 is 29.4 Å². The molecule has 0 aliphatic carbocycles. The summed E-state index contributed by atoms with van der Waals surface area (Å²) in [5, 5.41) is 3.17. The normalized spacial score (nSPS) is 21.3. The van der Waals surface area contributed by atoms with Gasteiger partial charge in [-0.25, -0.2) is 13.6 Å². The second-order valence-electron chi connectivity index (χ2n) is 7.46. The van der Waals surface area contributed by atoms with Crippen LogP contribution < -0.4 is 5.32 Å². The topological polar surface area (TPSA) is 69.7 Å². The van der Waals surface area contributed by atoms with Gasteiger partial charge in [-0.2, -0.15) is 0 Å². The van der Waals surface area contributed by atoms with E-state index >= 15 is 0 Å². The largest absolute Gasteiger partial charge is 0.336 e. The van der Waals surface area contributed by atoms with Gasteiger partial charge >= 0.3 is 6.03 Å². The zero-order valence-electron chi connectivity index (χ0n) is 15.8. The van der Waals surface area contributed by atoms with Crippen LogP contribution in [-0.2, 0) is 11.3 Å². The molecule has 9 heteroatoms. The molecular formula is C21H18ClF2N3O3. The number of rotatable bonds is 3. The minimum Gasteiger partial charge on any atom is -0.336 e. The van der Waals surface area contributed by atoms with Crippen molar-refractivity contribution in [2.75, 3.05) is 13.1 Å². The van der Waals surface area contributed by atoms with E-state index in [0.29, 0.717) is 23.4 Å². The SMILES string of the molecule is O=C(c1c(F)cccc1F)N1CCCC2(C1)NC(=O)N(Cc1cccc(Cl)c1)C2=O. The Hall–Kier alpha value is -3.00. The second kappa shape index (κ2) is 7.68. The quantitative estimate of drug-likeness (QED) is 0.755. The van der Waals surface area contributed by atoms with Crippen LogP contribution in [0.3, 0.4) is 0 Å². The van der Waals surface area contributed by atoms with Crippen molar-refractivity contribution in [3.8, 4) is 0 Å². The summed E-state index contributed by atoms with van der Waals surface area (Å²) >= 11 is 5.97. The fourth-order valence-electron chi connectivity index (χ4n) is 4.00. The average molecular weight is 434 g/mol. The number of likely N-dealkylation sites (tertiary alicyclic amines) is 1. The molecule has 1 unspecified atom stereocenters. The Kier molecular flexibility index (Phi) is 5.19. The maximum atomic E-state index is 14.1. The Morgan fingerprint density at radius 3 is 2.53 bits per heavy atom. The molecule has 2 aromatic carbocycles. The number of carbonyl (C=O) groups excluding carboxylic acids is 3. The molecule has 2 saturated heterocycles. The standard InChI is InChI=1S/C21H18ClF2N3O3/c22-14-5-1-4-13(10-14)11-27-19(29)21(25-20(27)30)8-3-9-26(12-21)18(28)17-15(23)6-2-7-16(17)24/h1-2,4-7,10H,3,8-9,11-12H2,(H,25,30). The first-order chi connectivity index (χ1) is 14.3. The lowest BCUT2D eigenvalue weighted by Gasteiger charge is -2.38. The number of carbonyl (C=O) groups is 3. The fraction of sp³-hybridized carbons (Fsp3) is 0.286. The van der Waals surface area contributed by atoms with Gasteiger partial charge in [-0.15, -0.1) is 0 Å². The predicted octanol–water partition coefficient (Wildman–Crippen LogP) is 3.35. The average Bonchev–Trinajstić information content (AvgIpc) is 2.92. The minimum absolute atomic E-state index is 0.0306. The Balaban J connectivity index is 1.56. The van der Waals surface area contributed by atoms with Crippen molar-refractivity contribution in [3.05, 3.63) is 70.2 Å². The molecule has 0 saturated carbocycles. The lowest BCUT2D eigenvalue weighted by molar-refractivity contribution is -0.133. The van der Waals surface area contributed by atoms with E-state index in [9.17, 15) is 23.2 Å². The van der Waals surface area contributed by atoms with E-state index in [1.54, 1.807) is 24.3 Å². The smallest absolute Gasteiger partial charge is 0.325 e. The number of nitrogens with one attached hydrogen (secondary N) is 1. The van der Waals surface area contributed by atoms with E-state index in [1.165, 1.54) is 11.0 Å². The number of nitrogens with zero attached hydrogens (tertiary/aromatic N) is 2. The number of amides is 4. The maximum Gasteiger partial charge on any atom is 0.325 e. The van der Waals surface area contributed by atoms with Gasteiger partial charge in [0.1, 0.15) is 22.7 Å². The van der Waals surface area contributed by atoms with Crippen LogP contribution in [0.2, 0.25) is 5.02 Å². The summed E-state index contributed by atoms with van der Waals surface area (Å²) in [5.41, 5.74) is -1.30. The highest BCUT2D eigenvalue weighted by Crippen LogP contribution is 2.31. The van der Waals surface area contributed by atoms with E-state index in [4.69, 9.17) is 11.6 Å². The fourth-order valence-corrected chi connectivity index (χ4v) is 4.22. The first-order valence-electron chi connectivity index (χ1n) is 9.42. The van der Waals surface area contributed by atoms with Crippen LogP contribution in [-0.4, -0.2) is 46.3 Å². The molecule has 4 amide bonds. The van der Waals surface area contributed by atoms with Crippen molar-refractivity contribution in [2.24, 2.45) is 0 Å². The van der Waals surface area contributed by atoms with E-state index in [2.05, 4.69) is 5.32 Å². The summed E-state index contributed by atoms with van der Waals surface area (Å²) in [6.45, 7) is 0.102. The van der Waals surface area contributed by atoms with Crippen molar-refractivity contribution in [1.29, 1.82) is 0 Å². The summed E-state index contributed by atoms with van der Waals surface area (Å²) in [5.74, 6) is -3.26. The van der Waals surface area contributed by atoms with Crippen LogP contribution >= 0.6 is 11.6 Å². The van der Waals surface area contributed by atoms with Crippen molar-refractivity contribution in [1.82, 2.24) is 15.1 Å². The molecule has 156 valence electrons. The van der Waals surface area contributed by atoms with Crippen molar-refractivity contribution in [3.63, 3.8) is 0 Å². The van der Waals surface area contributed by atoms with Crippen LogP contribution in [0.4, 0.5) is 13.6 Å². The van der Waals surface area contributed by atoms with Gasteiger partial charge in [-0.3, -0.25) is 14.5 Å². The molecule has 2 heterocycles. The molecular weight excluding hydrogens is 416 g/mol. The minimum atomic E-state index is -1.31. The summed E-state index contributed by atoms with van der Waals surface area (Å²) in [7, 11) is 0. The van der Waals surface area contributed by atoms with Gasteiger partial charge in [-0.05, 0) is 42.7 Å². The molecule has 4 rings (SSSR count). The second-order valence-corrected chi connectivity index (χ2v) is 7.90. The lowest BCUT2D eigenvalue weighted by atomic mass is 9.88. The van der Waals surface area contributed by atoms with Gasteiger partial charge < -0.3 is 10.2 Å². The molecule has 2 aliphatic heterocycles. The number of imide groups is 1. The van der Waals surface area contributed by atoms with Gasteiger partial charge in [0.15, 0.2) is 0 Å². The number of halogens is 3. The molecule has 1 N–H and O–H groups in total. The summed E-state index contributed by atoms with van der Waals surface area (Å²) in [4.78, 5) is 40.7. The molecule has 30 heavy (non-hydrogen) atoms. The number of urea groups is 1. The zero-order valence-corrected chi connectivity index (χ0v) is 16.6. The van der Waals surface area contributed by atoms with E-state index in [-0.39, 0.29) is 19.6 Å². The third kappa shape index (κ3) is 3.52. The molecule has 1 spiro atoms.